The van der Waals surface area contributed by atoms with Crippen LogP contribution in [-0.2, 0) is 0 Å². The van der Waals surface area contributed by atoms with Gasteiger partial charge in [0.25, 0.3) is 0 Å². The van der Waals surface area contributed by atoms with Crippen LogP contribution in [0.4, 0.5) is 5.82 Å². The Labute approximate surface area is 134 Å². The summed E-state index contributed by atoms with van der Waals surface area (Å²) in [4.78, 5) is 8.96. The van der Waals surface area contributed by atoms with Crippen LogP contribution in [0.1, 0.15) is 26.7 Å². The zero-order valence-corrected chi connectivity index (χ0v) is 14.0. The van der Waals surface area contributed by atoms with Crippen molar-refractivity contribution < 1.29 is 4.74 Å². The Bertz CT molecular complexity index is 589. The van der Waals surface area contributed by atoms with Crippen molar-refractivity contribution in [3.63, 3.8) is 0 Å². The van der Waals surface area contributed by atoms with E-state index in [2.05, 4.69) is 45.1 Å². The van der Waals surface area contributed by atoms with Crippen LogP contribution in [0.15, 0.2) is 34.9 Å². The normalized spacial score (nSPS) is 10.4. The molecule has 0 amide bonds. The highest BCUT2D eigenvalue weighted by Gasteiger charge is 2.07. The number of benzene rings is 1. The van der Waals surface area contributed by atoms with E-state index in [4.69, 9.17) is 4.74 Å². The van der Waals surface area contributed by atoms with Crippen LogP contribution in [0.3, 0.4) is 0 Å². The number of nitrogens with one attached hydrogen (secondary N) is 1. The Kier molecular flexibility index (Phi) is 5.99. The van der Waals surface area contributed by atoms with Gasteiger partial charge in [-0.15, -0.1) is 0 Å². The Morgan fingerprint density at radius 2 is 2.10 bits per heavy atom. The lowest BCUT2D eigenvalue weighted by Crippen LogP contribution is -2.04. The highest BCUT2D eigenvalue weighted by molar-refractivity contribution is 9.10. The third-order valence-corrected chi connectivity index (χ3v) is 3.43. The van der Waals surface area contributed by atoms with Crippen molar-refractivity contribution in [1.82, 2.24) is 9.97 Å². The van der Waals surface area contributed by atoms with Gasteiger partial charge in [-0.1, -0.05) is 26.0 Å². The summed E-state index contributed by atoms with van der Waals surface area (Å²) in [5.74, 6) is 2.37. The molecule has 0 aliphatic rings. The first-order chi connectivity index (χ1) is 10.2. The molecule has 0 aliphatic heterocycles. The summed E-state index contributed by atoms with van der Waals surface area (Å²) in [6, 6.07) is 7.88. The molecule has 0 fully saturated rings. The van der Waals surface area contributed by atoms with E-state index < -0.39 is 0 Å². The van der Waals surface area contributed by atoms with Crippen molar-refractivity contribution in [3.05, 3.63) is 34.9 Å². The molecule has 112 valence electrons. The van der Waals surface area contributed by atoms with Gasteiger partial charge in [-0.05, 0) is 40.9 Å². The SMILES string of the molecule is CCCNc1nc(-c2cccc(OCCC)c2)ncc1Br. The molecular weight excluding hydrogens is 330 g/mol. The maximum absolute atomic E-state index is 5.66. The van der Waals surface area contributed by atoms with Crippen LogP contribution in [0.2, 0.25) is 0 Å². The topological polar surface area (TPSA) is 47.0 Å². The Hall–Kier alpha value is -1.62. The average molecular weight is 350 g/mol. The van der Waals surface area contributed by atoms with E-state index in [1.165, 1.54) is 0 Å². The summed E-state index contributed by atoms with van der Waals surface area (Å²) in [5, 5.41) is 3.29. The van der Waals surface area contributed by atoms with E-state index in [1.807, 2.05) is 24.3 Å². The molecule has 1 aromatic heterocycles. The van der Waals surface area contributed by atoms with Gasteiger partial charge in [0.05, 0.1) is 11.1 Å². The molecule has 4 nitrogen and oxygen atoms in total. The number of rotatable bonds is 7. The predicted octanol–water partition coefficient (Wildman–Crippen LogP) is 4.52. The summed E-state index contributed by atoms with van der Waals surface area (Å²) < 4.78 is 6.53. The molecule has 5 heteroatoms. The molecular formula is C16H20BrN3O. The fourth-order valence-electron chi connectivity index (χ4n) is 1.82. The highest BCUT2D eigenvalue weighted by atomic mass is 79.9. The van der Waals surface area contributed by atoms with E-state index in [1.54, 1.807) is 6.20 Å². The second kappa shape index (κ2) is 7.98. The van der Waals surface area contributed by atoms with Gasteiger partial charge in [-0.2, -0.15) is 0 Å². The zero-order chi connectivity index (χ0) is 15.1. The van der Waals surface area contributed by atoms with Gasteiger partial charge in [0.1, 0.15) is 11.6 Å². The molecule has 0 unspecified atom stereocenters. The van der Waals surface area contributed by atoms with Gasteiger partial charge in [0.2, 0.25) is 0 Å². The maximum atomic E-state index is 5.66. The number of hydrogen-bond donors (Lipinski definition) is 1. The molecule has 2 aromatic rings. The number of hydrogen-bond acceptors (Lipinski definition) is 4. The number of aromatic nitrogens is 2. The Morgan fingerprint density at radius 1 is 1.24 bits per heavy atom. The molecule has 0 aliphatic carbocycles. The van der Waals surface area contributed by atoms with Crippen LogP contribution < -0.4 is 10.1 Å². The van der Waals surface area contributed by atoms with Crippen LogP contribution in [0.25, 0.3) is 11.4 Å². The fraction of sp³-hybridized carbons (Fsp3) is 0.375. The van der Waals surface area contributed by atoms with Gasteiger partial charge in [0, 0.05) is 18.3 Å². The zero-order valence-electron chi connectivity index (χ0n) is 12.4. The number of ether oxygens (including phenoxy) is 1. The monoisotopic (exact) mass is 349 g/mol. The van der Waals surface area contributed by atoms with Crippen LogP contribution in [0, 0.1) is 0 Å². The van der Waals surface area contributed by atoms with Crippen LogP contribution >= 0.6 is 15.9 Å². The molecule has 1 heterocycles. The lowest BCUT2D eigenvalue weighted by atomic mass is 10.2. The van der Waals surface area contributed by atoms with Crippen LogP contribution in [0.5, 0.6) is 5.75 Å². The molecule has 0 spiro atoms. The smallest absolute Gasteiger partial charge is 0.161 e. The van der Waals surface area contributed by atoms with E-state index in [-0.39, 0.29) is 0 Å². The van der Waals surface area contributed by atoms with E-state index >= 15 is 0 Å². The number of anilines is 1. The van der Waals surface area contributed by atoms with Gasteiger partial charge in [-0.25, -0.2) is 9.97 Å². The standard InChI is InChI=1S/C16H20BrN3O/c1-3-8-18-16-14(17)11-19-15(20-16)12-6-5-7-13(10-12)21-9-4-2/h5-7,10-11H,3-4,8-9H2,1-2H3,(H,18,19,20). The lowest BCUT2D eigenvalue weighted by molar-refractivity contribution is 0.317. The first-order valence-corrected chi connectivity index (χ1v) is 8.03. The molecule has 1 N–H and O–H groups in total. The second-order valence-electron chi connectivity index (χ2n) is 4.69. The first-order valence-electron chi connectivity index (χ1n) is 7.24. The molecule has 1 aromatic carbocycles. The quantitative estimate of drug-likeness (QED) is 0.798. The molecule has 0 bridgehead atoms. The maximum Gasteiger partial charge on any atom is 0.161 e. The van der Waals surface area contributed by atoms with Crippen LogP contribution in [-0.4, -0.2) is 23.1 Å². The van der Waals surface area contributed by atoms with E-state index in [0.29, 0.717) is 12.4 Å². The summed E-state index contributed by atoms with van der Waals surface area (Å²) in [7, 11) is 0. The van der Waals surface area contributed by atoms with Crippen molar-refractivity contribution in [3.8, 4) is 17.1 Å². The van der Waals surface area contributed by atoms with Crippen molar-refractivity contribution in [2.24, 2.45) is 0 Å². The summed E-state index contributed by atoms with van der Waals surface area (Å²) in [6.07, 6.45) is 3.82. The van der Waals surface area contributed by atoms with Gasteiger partial charge in [0.15, 0.2) is 5.82 Å². The third-order valence-electron chi connectivity index (χ3n) is 2.85. The Morgan fingerprint density at radius 3 is 2.86 bits per heavy atom. The minimum absolute atomic E-state index is 0.693. The Balaban J connectivity index is 2.24. The van der Waals surface area contributed by atoms with Gasteiger partial charge >= 0.3 is 0 Å². The van der Waals surface area contributed by atoms with E-state index in [9.17, 15) is 0 Å². The van der Waals surface area contributed by atoms with Crippen molar-refractivity contribution >= 4 is 21.7 Å². The molecule has 2 rings (SSSR count). The molecule has 0 saturated carbocycles. The second-order valence-corrected chi connectivity index (χ2v) is 5.55. The predicted molar refractivity (Wildman–Crippen MR) is 89.7 cm³/mol. The molecule has 0 atom stereocenters. The van der Waals surface area contributed by atoms with Gasteiger partial charge in [-0.3, -0.25) is 0 Å². The van der Waals surface area contributed by atoms with Crippen molar-refractivity contribution in [2.75, 3.05) is 18.5 Å². The number of halogens is 1. The van der Waals surface area contributed by atoms with Gasteiger partial charge < -0.3 is 10.1 Å². The third kappa shape index (κ3) is 4.43. The summed E-state index contributed by atoms with van der Waals surface area (Å²) >= 11 is 3.47. The molecule has 0 saturated heterocycles. The summed E-state index contributed by atoms with van der Waals surface area (Å²) in [6.45, 7) is 5.81. The average Bonchev–Trinajstić information content (AvgIpc) is 2.52. The highest BCUT2D eigenvalue weighted by Crippen LogP contribution is 2.25. The minimum Gasteiger partial charge on any atom is -0.494 e. The fourth-order valence-corrected chi connectivity index (χ4v) is 2.15. The molecule has 21 heavy (non-hydrogen) atoms. The minimum atomic E-state index is 0.693. The summed E-state index contributed by atoms with van der Waals surface area (Å²) in [5.41, 5.74) is 0.954. The van der Waals surface area contributed by atoms with E-state index in [0.717, 1.165) is 41.0 Å². The van der Waals surface area contributed by atoms with Crippen molar-refractivity contribution in [2.45, 2.75) is 26.7 Å². The largest absolute Gasteiger partial charge is 0.494 e. The lowest BCUT2D eigenvalue weighted by Gasteiger charge is -2.09. The van der Waals surface area contributed by atoms with Crippen molar-refractivity contribution in [1.29, 1.82) is 0 Å². The first kappa shape index (κ1) is 15.8. The number of nitrogens with zero attached hydrogens (tertiary/aromatic N) is 2. The molecule has 0 radical (unpaired) electrons.